The monoisotopic (exact) mass is 226 g/mol. The van der Waals surface area contributed by atoms with Crippen molar-refractivity contribution >= 4 is 0 Å². The zero-order valence-electron chi connectivity index (χ0n) is 10.9. The summed E-state index contributed by atoms with van der Waals surface area (Å²) in [6.45, 7) is 11.2. The van der Waals surface area contributed by atoms with Crippen LogP contribution in [0.2, 0.25) is 0 Å². The van der Waals surface area contributed by atoms with Crippen molar-refractivity contribution in [2.24, 2.45) is 11.3 Å². The van der Waals surface area contributed by atoms with E-state index in [1.54, 1.807) is 0 Å². The fraction of sp³-hybridized carbons (Fsp3) is 1.00. The molecule has 2 fully saturated rings. The van der Waals surface area contributed by atoms with Gasteiger partial charge in [-0.15, -0.1) is 0 Å². The molecule has 1 aliphatic heterocycles. The molecule has 2 rings (SSSR count). The lowest BCUT2D eigenvalue weighted by molar-refractivity contribution is -0.114. The SMILES string of the molecule is CCOC1CC(NCCC2CNC2)C1(C)C. The molecule has 1 heterocycles. The van der Waals surface area contributed by atoms with Crippen molar-refractivity contribution in [3.05, 3.63) is 0 Å². The van der Waals surface area contributed by atoms with E-state index >= 15 is 0 Å². The molecule has 1 aliphatic carbocycles. The molecule has 2 atom stereocenters. The van der Waals surface area contributed by atoms with Gasteiger partial charge < -0.3 is 15.4 Å². The maximum Gasteiger partial charge on any atom is 0.0655 e. The number of hydrogen-bond acceptors (Lipinski definition) is 3. The summed E-state index contributed by atoms with van der Waals surface area (Å²) < 4.78 is 5.73. The molecule has 0 aromatic rings. The van der Waals surface area contributed by atoms with Crippen LogP contribution in [0.3, 0.4) is 0 Å². The summed E-state index contributed by atoms with van der Waals surface area (Å²) in [5, 5.41) is 7.01. The Morgan fingerprint density at radius 3 is 2.62 bits per heavy atom. The predicted molar refractivity (Wildman–Crippen MR) is 66.6 cm³/mol. The van der Waals surface area contributed by atoms with Crippen LogP contribution in [0.5, 0.6) is 0 Å². The summed E-state index contributed by atoms with van der Waals surface area (Å²) in [7, 11) is 0. The zero-order valence-corrected chi connectivity index (χ0v) is 10.9. The molecule has 1 saturated carbocycles. The van der Waals surface area contributed by atoms with Gasteiger partial charge in [-0.2, -0.15) is 0 Å². The second kappa shape index (κ2) is 5.03. The standard InChI is InChI=1S/C13H26N2O/c1-4-16-12-7-11(13(12,2)3)15-6-5-10-8-14-9-10/h10-12,14-15H,4-9H2,1-3H3. The van der Waals surface area contributed by atoms with Crippen LogP contribution in [-0.4, -0.2) is 38.4 Å². The average Bonchev–Trinajstić information content (AvgIpc) is 2.18. The number of hydrogen-bond donors (Lipinski definition) is 2. The van der Waals surface area contributed by atoms with Gasteiger partial charge in [-0.3, -0.25) is 0 Å². The molecule has 0 spiro atoms. The highest BCUT2D eigenvalue weighted by atomic mass is 16.5. The summed E-state index contributed by atoms with van der Waals surface area (Å²) in [6, 6.07) is 0.650. The van der Waals surface area contributed by atoms with Crippen LogP contribution in [0.4, 0.5) is 0 Å². The number of ether oxygens (including phenoxy) is 1. The largest absolute Gasteiger partial charge is 0.378 e. The molecule has 0 amide bonds. The molecule has 1 saturated heterocycles. The van der Waals surface area contributed by atoms with Gasteiger partial charge in [0.2, 0.25) is 0 Å². The Hall–Kier alpha value is -0.120. The fourth-order valence-electron chi connectivity index (χ4n) is 2.73. The Morgan fingerprint density at radius 2 is 2.12 bits per heavy atom. The van der Waals surface area contributed by atoms with Crippen molar-refractivity contribution in [3.63, 3.8) is 0 Å². The highest BCUT2D eigenvalue weighted by Crippen LogP contribution is 2.42. The van der Waals surface area contributed by atoms with Crippen LogP contribution in [0, 0.1) is 11.3 Å². The highest BCUT2D eigenvalue weighted by Gasteiger charge is 2.48. The lowest BCUT2D eigenvalue weighted by Gasteiger charge is -2.52. The first-order valence-corrected chi connectivity index (χ1v) is 6.70. The predicted octanol–water partition coefficient (Wildman–Crippen LogP) is 1.39. The Kier molecular flexibility index (Phi) is 3.88. The highest BCUT2D eigenvalue weighted by molar-refractivity contribution is 5.02. The first kappa shape index (κ1) is 12.3. The maximum atomic E-state index is 5.73. The molecule has 2 N–H and O–H groups in total. The van der Waals surface area contributed by atoms with Gasteiger partial charge in [-0.1, -0.05) is 13.8 Å². The molecular formula is C13H26N2O. The minimum absolute atomic E-state index is 0.313. The van der Waals surface area contributed by atoms with E-state index in [0.717, 1.165) is 12.5 Å². The second-order valence-corrected chi connectivity index (χ2v) is 5.82. The number of rotatable bonds is 6. The van der Waals surface area contributed by atoms with Gasteiger partial charge >= 0.3 is 0 Å². The van der Waals surface area contributed by atoms with E-state index in [-0.39, 0.29) is 0 Å². The van der Waals surface area contributed by atoms with Gasteiger partial charge in [-0.05, 0) is 45.3 Å². The summed E-state index contributed by atoms with van der Waals surface area (Å²) in [5.41, 5.74) is 0.313. The lowest BCUT2D eigenvalue weighted by Crippen LogP contribution is -2.61. The lowest BCUT2D eigenvalue weighted by atomic mass is 9.64. The smallest absolute Gasteiger partial charge is 0.0655 e. The van der Waals surface area contributed by atoms with Crippen molar-refractivity contribution in [2.75, 3.05) is 26.2 Å². The van der Waals surface area contributed by atoms with E-state index in [1.165, 1.54) is 32.5 Å². The fourth-order valence-corrected chi connectivity index (χ4v) is 2.73. The Labute approximate surface area is 99.3 Å². The van der Waals surface area contributed by atoms with Crippen molar-refractivity contribution in [2.45, 2.75) is 45.8 Å². The van der Waals surface area contributed by atoms with E-state index < -0.39 is 0 Å². The molecule has 0 aromatic heterocycles. The molecule has 94 valence electrons. The third-order valence-corrected chi connectivity index (χ3v) is 4.35. The van der Waals surface area contributed by atoms with Gasteiger partial charge in [0.25, 0.3) is 0 Å². The first-order chi connectivity index (χ1) is 7.64. The van der Waals surface area contributed by atoms with Crippen molar-refractivity contribution in [1.82, 2.24) is 10.6 Å². The van der Waals surface area contributed by atoms with Crippen molar-refractivity contribution < 1.29 is 4.74 Å². The molecular weight excluding hydrogens is 200 g/mol. The minimum atomic E-state index is 0.313. The van der Waals surface area contributed by atoms with Crippen LogP contribution in [0.1, 0.15) is 33.6 Å². The van der Waals surface area contributed by atoms with Crippen LogP contribution in [-0.2, 0) is 4.74 Å². The molecule has 0 aromatic carbocycles. The maximum absolute atomic E-state index is 5.73. The molecule has 3 heteroatoms. The Bertz CT molecular complexity index is 226. The van der Waals surface area contributed by atoms with Gasteiger partial charge in [0.05, 0.1) is 6.10 Å². The molecule has 0 radical (unpaired) electrons. The van der Waals surface area contributed by atoms with Crippen molar-refractivity contribution in [3.8, 4) is 0 Å². The summed E-state index contributed by atoms with van der Waals surface area (Å²) in [6.07, 6.45) is 2.96. The summed E-state index contributed by atoms with van der Waals surface area (Å²) >= 11 is 0. The van der Waals surface area contributed by atoms with Gasteiger partial charge in [-0.25, -0.2) is 0 Å². The third kappa shape index (κ3) is 2.41. The van der Waals surface area contributed by atoms with Crippen LogP contribution in [0.25, 0.3) is 0 Å². The topological polar surface area (TPSA) is 33.3 Å². The number of nitrogens with one attached hydrogen (secondary N) is 2. The molecule has 0 bridgehead atoms. The third-order valence-electron chi connectivity index (χ3n) is 4.35. The molecule has 3 nitrogen and oxygen atoms in total. The van der Waals surface area contributed by atoms with Crippen LogP contribution >= 0.6 is 0 Å². The van der Waals surface area contributed by atoms with Gasteiger partial charge in [0, 0.05) is 18.1 Å². The van der Waals surface area contributed by atoms with Gasteiger partial charge in [0.15, 0.2) is 0 Å². The van der Waals surface area contributed by atoms with E-state index in [2.05, 4.69) is 31.4 Å². The van der Waals surface area contributed by atoms with Crippen molar-refractivity contribution in [1.29, 1.82) is 0 Å². The van der Waals surface area contributed by atoms with E-state index in [4.69, 9.17) is 4.74 Å². The quantitative estimate of drug-likeness (QED) is 0.718. The van der Waals surface area contributed by atoms with E-state index in [9.17, 15) is 0 Å². The summed E-state index contributed by atoms with van der Waals surface area (Å²) in [5.74, 6) is 0.915. The van der Waals surface area contributed by atoms with Crippen LogP contribution < -0.4 is 10.6 Å². The molecule has 16 heavy (non-hydrogen) atoms. The van der Waals surface area contributed by atoms with E-state index in [0.29, 0.717) is 17.6 Å². The summed E-state index contributed by atoms with van der Waals surface area (Å²) in [4.78, 5) is 0. The Balaban J connectivity index is 1.63. The molecule has 2 unspecified atom stereocenters. The zero-order chi connectivity index (χ0) is 11.6. The average molecular weight is 226 g/mol. The molecule has 2 aliphatic rings. The minimum Gasteiger partial charge on any atom is -0.378 e. The van der Waals surface area contributed by atoms with Gasteiger partial charge in [0.1, 0.15) is 0 Å². The van der Waals surface area contributed by atoms with Crippen LogP contribution in [0.15, 0.2) is 0 Å². The normalized spacial score (nSPS) is 33.2. The first-order valence-electron chi connectivity index (χ1n) is 6.70. The second-order valence-electron chi connectivity index (χ2n) is 5.82. The van der Waals surface area contributed by atoms with E-state index in [1.807, 2.05) is 0 Å². The Morgan fingerprint density at radius 1 is 1.38 bits per heavy atom.